The second-order valence-corrected chi connectivity index (χ2v) is 9.74. The summed E-state index contributed by atoms with van der Waals surface area (Å²) < 4.78 is 46.7. The van der Waals surface area contributed by atoms with Crippen molar-refractivity contribution in [2.24, 2.45) is 0 Å². The molecule has 7 nitrogen and oxygen atoms in total. The first-order valence-corrected chi connectivity index (χ1v) is 12.1. The minimum atomic E-state index is -4.01. The Morgan fingerprint density at radius 3 is 2.38 bits per heavy atom. The number of benzene rings is 3. The molecule has 1 atom stereocenters. The topological polar surface area (TPSA) is 87.7 Å². The molecule has 3 aromatic carbocycles. The number of aryl methyl sites for hydroxylation is 1. The fraction of sp³-hybridized carbons (Fsp3) is 0.240. The van der Waals surface area contributed by atoms with Gasteiger partial charge in [0.15, 0.2) is 0 Å². The molecule has 0 bridgehead atoms. The van der Waals surface area contributed by atoms with Crippen molar-refractivity contribution >= 4 is 21.6 Å². The van der Waals surface area contributed by atoms with E-state index in [1.807, 2.05) is 43.3 Å². The van der Waals surface area contributed by atoms with Crippen LogP contribution in [0.4, 0.5) is 10.1 Å². The van der Waals surface area contributed by atoms with E-state index in [4.69, 9.17) is 4.74 Å². The highest BCUT2D eigenvalue weighted by atomic mass is 32.2. The van der Waals surface area contributed by atoms with Crippen LogP contribution in [0.2, 0.25) is 0 Å². The lowest BCUT2D eigenvalue weighted by molar-refractivity contribution is 0.0942. The fourth-order valence-corrected chi connectivity index (χ4v) is 4.46. The minimum Gasteiger partial charge on any atom is -0.497 e. The molecule has 0 fully saturated rings. The summed E-state index contributed by atoms with van der Waals surface area (Å²) in [6.45, 7) is 1.90. The van der Waals surface area contributed by atoms with Crippen LogP contribution in [0.3, 0.4) is 0 Å². The number of carbonyl (C=O) groups is 1. The second-order valence-electron chi connectivity index (χ2n) is 8.06. The standard InChI is InChI=1S/C25H28FN3O4S/c1-17-8-13-22(15-23(17)26)34(31,32)28-20-7-5-6-19(14-20)25(30)27-16-24(29(2)3)18-9-11-21(33-4)12-10-18/h5-15,24,28H,16H2,1-4H3,(H,27,30)/t24-/m1/s1. The Morgan fingerprint density at radius 2 is 1.76 bits per heavy atom. The number of anilines is 1. The second kappa shape index (κ2) is 10.7. The Balaban J connectivity index is 1.71. The summed E-state index contributed by atoms with van der Waals surface area (Å²) in [5.74, 6) is -0.205. The number of carbonyl (C=O) groups excluding carboxylic acids is 1. The Bertz CT molecular complexity index is 1260. The van der Waals surface area contributed by atoms with E-state index in [1.54, 1.807) is 26.2 Å². The summed E-state index contributed by atoms with van der Waals surface area (Å²) in [4.78, 5) is 14.6. The summed E-state index contributed by atoms with van der Waals surface area (Å²) in [7, 11) is 1.43. The number of rotatable bonds is 9. The van der Waals surface area contributed by atoms with Crippen molar-refractivity contribution in [1.82, 2.24) is 10.2 Å². The molecule has 1 amide bonds. The molecule has 0 aromatic heterocycles. The van der Waals surface area contributed by atoms with Crippen LogP contribution in [0.5, 0.6) is 5.75 Å². The number of nitrogens with zero attached hydrogens (tertiary/aromatic N) is 1. The predicted molar refractivity (Wildman–Crippen MR) is 130 cm³/mol. The summed E-state index contributed by atoms with van der Waals surface area (Å²) >= 11 is 0. The summed E-state index contributed by atoms with van der Waals surface area (Å²) in [5.41, 5.74) is 1.86. The van der Waals surface area contributed by atoms with Gasteiger partial charge in [0, 0.05) is 17.8 Å². The minimum absolute atomic E-state index is 0.0759. The molecule has 0 unspecified atom stereocenters. The molecule has 0 aliphatic heterocycles. The Labute approximate surface area is 199 Å². The van der Waals surface area contributed by atoms with Gasteiger partial charge in [0.05, 0.1) is 18.0 Å². The predicted octanol–water partition coefficient (Wildman–Crippen LogP) is 3.98. The Kier molecular flexibility index (Phi) is 7.90. The quantitative estimate of drug-likeness (QED) is 0.479. The molecule has 3 rings (SSSR count). The third kappa shape index (κ3) is 6.12. The van der Waals surface area contributed by atoms with Crippen LogP contribution in [0.1, 0.15) is 27.5 Å². The highest BCUT2D eigenvalue weighted by Crippen LogP contribution is 2.22. The third-order valence-electron chi connectivity index (χ3n) is 5.41. The van der Waals surface area contributed by atoms with Crippen LogP contribution < -0.4 is 14.8 Å². The molecule has 0 spiro atoms. The van der Waals surface area contributed by atoms with Gasteiger partial charge in [-0.3, -0.25) is 9.52 Å². The van der Waals surface area contributed by atoms with Gasteiger partial charge < -0.3 is 15.0 Å². The van der Waals surface area contributed by atoms with E-state index in [0.29, 0.717) is 17.7 Å². The number of amides is 1. The molecule has 34 heavy (non-hydrogen) atoms. The number of halogens is 1. The van der Waals surface area contributed by atoms with E-state index >= 15 is 0 Å². The first-order chi connectivity index (χ1) is 16.1. The molecule has 0 aliphatic carbocycles. The van der Waals surface area contributed by atoms with Crippen LogP contribution >= 0.6 is 0 Å². The fourth-order valence-electron chi connectivity index (χ4n) is 3.39. The van der Waals surface area contributed by atoms with Crippen molar-refractivity contribution in [3.05, 3.63) is 89.2 Å². The number of sulfonamides is 1. The van der Waals surface area contributed by atoms with E-state index in [1.165, 1.54) is 24.3 Å². The maximum Gasteiger partial charge on any atom is 0.261 e. The van der Waals surface area contributed by atoms with Crippen molar-refractivity contribution in [1.29, 1.82) is 0 Å². The van der Waals surface area contributed by atoms with Crippen molar-refractivity contribution in [3.63, 3.8) is 0 Å². The molecule has 0 saturated heterocycles. The van der Waals surface area contributed by atoms with Gasteiger partial charge in [-0.15, -0.1) is 0 Å². The first-order valence-electron chi connectivity index (χ1n) is 10.6. The zero-order valence-corrected chi connectivity index (χ0v) is 20.3. The van der Waals surface area contributed by atoms with Crippen molar-refractivity contribution < 1.29 is 22.3 Å². The van der Waals surface area contributed by atoms with Gasteiger partial charge in [0.2, 0.25) is 0 Å². The van der Waals surface area contributed by atoms with Crippen LogP contribution in [0, 0.1) is 12.7 Å². The lowest BCUT2D eigenvalue weighted by Gasteiger charge is -2.25. The maximum atomic E-state index is 13.8. The molecule has 2 N–H and O–H groups in total. The van der Waals surface area contributed by atoms with Crippen LogP contribution in [-0.4, -0.2) is 47.0 Å². The monoisotopic (exact) mass is 485 g/mol. The molecule has 0 saturated carbocycles. The largest absolute Gasteiger partial charge is 0.497 e. The third-order valence-corrected chi connectivity index (χ3v) is 6.79. The number of hydrogen-bond acceptors (Lipinski definition) is 5. The molecule has 9 heteroatoms. The zero-order valence-electron chi connectivity index (χ0n) is 19.5. The normalized spacial score (nSPS) is 12.3. The van der Waals surface area contributed by atoms with Gasteiger partial charge in [-0.2, -0.15) is 0 Å². The molecule has 3 aromatic rings. The number of likely N-dealkylation sites (N-methyl/N-ethyl adjacent to an activating group) is 1. The number of methoxy groups -OCH3 is 1. The van der Waals surface area contributed by atoms with Gasteiger partial charge in [-0.1, -0.05) is 24.3 Å². The number of hydrogen-bond donors (Lipinski definition) is 2. The lowest BCUT2D eigenvalue weighted by Crippen LogP contribution is -2.34. The lowest BCUT2D eigenvalue weighted by atomic mass is 10.1. The highest BCUT2D eigenvalue weighted by molar-refractivity contribution is 7.92. The van der Waals surface area contributed by atoms with Crippen molar-refractivity contribution in [3.8, 4) is 5.75 Å². The molecule has 0 radical (unpaired) electrons. The van der Waals surface area contributed by atoms with Crippen LogP contribution in [-0.2, 0) is 10.0 Å². The van der Waals surface area contributed by atoms with Gasteiger partial charge in [-0.05, 0) is 74.6 Å². The molecule has 0 aliphatic rings. The zero-order chi connectivity index (χ0) is 24.9. The van der Waals surface area contributed by atoms with E-state index in [0.717, 1.165) is 17.4 Å². The maximum absolute atomic E-state index is 13.8. The van der Waals surface area contributed by atoms with Gasteiger partial charge >= 0.3 is 0 Å². The van der Waals surface area contributed by atoms with Gasteiger partial charge in [-0.25, -0.2) is 12.8 Å². The highest BCUT2D eigenvalue weighted by Gasteiger charge is 2.18. The van der Waals surface area contributed by atoms with E-state index in [-0.39, 0.29) is 22.5 Å². The molecule has 0 heterocycles. The SMILES string of the molecule is COc1ccc([C@@H](CNC(=O)c2cccc(NS(=O)(=O)c3ccc(C)c(F)c3)c2)N(C)C)cc1. The summed E-state index contributed by atoms with van der Waals surface area (Å²) in [5, 5.41) is 2.90. The van der Waals surface area contributed by atoms with Crippen LogP contribution in [0.25, 0.3) is 0 Å². The number of ether oxygens (including phenoxy) is 1. The summed E-state index contributed by atoms with van der Waals surface area (Å²) in [6.07, 6.45) is 0. The van der Waals surface area contributed by atoms with E-state index in [9.17, 15) is 17.6 Å². The first kappa shape index (κ1) is 25.2. The average molecular weight is 486 g/mol. The van der Waals surface area contributed by atoms with Crippen LogP contribution in [0.15, 0.2) is 71.6 Å². The van der Waals surface area contributed by atoms with Crippen molar-refractivity contribution in [2.75, 3.05) is 32.5 Å². The van der Waals surface area contributed by atoms with E-state index < -0.39 is 15.8 Å². The number of nitrogens with one attached hydrogen (secondary N) is 2. The van der Waals surface area contributed by atoms with Gasteiger partial charge in [0.25, 0.3) is 15.9 Å². The molecule has 180 valence electrons. The Hall–Kier alpha value is -3.43. The molecular formula is C25H28FN3O4S. The summed E-state index contributed by atoms with van der Waals surface area (Å²) in [6, 6.07) is 17.4. The molecular weight excluding hydrogens is 457 g/mol. The van der Waals surface area contributed by atoms with Gasteiger partial charge in [0.1, 0.15) is 11.6 Å². The smallest absolute Gasteiger partial charge is 0.261 e. The van der Waals surface area contributed by atoms with Crippen molar-refractivity contribution in [2.45, 2.75) is 17.9 Å². The Morgan fingerprint density at radius 1 is 1.06 bits per heavy atom. The van der Waals surface area contributed by atoms with E-state index in [2.05, 4.69) is 10.0 Å². The average Bonchev–Trinajstić information content (AvgIpc) is 2.81.